The summed E-state index contributed by atoms with van der Waals surface area (Å²) in [6.45, 7) is 2.50. The predicted octanol–water partition coefficient (Wildman–Crippen LogP) is 2.11. The Balaban J connectivity index is 1.63. The monoisotopic (exact) mass is 436 g/mol. The first-order chi connectivity index (χ1) is 15.6. The average Bonchev–Trinajstić information content (AvgIpc) is 3.10. The van der Waals surface area contributed by atoms with Crippen molar-refractivity contribution in [3.63, 3.8) is 0 Å². The van der Waals surface area contributed by atoms with Crippen molar-refractivity contribution < 1.29 is 28.6 Å². The van der Waals surface area contributed by atoms with Crippen molar-refractivity contribution in [2.24, 2.45) is 0 Å². The van der Waals surface area contributed by atoms with E-state index in [9.17, 15) is 14.4 Å². The van der Waals surface area contributed by atoms with Crippen LogP contribution in [0.15, 0.2) is 60.3 Å². The number of ether oxygens (including phenoxy) is 3. The SMILES string of the molecule is COCCOC(=O)c1ccc(N2C(=O)C(c3ccccc3)=C(N3CCOCC3)C2=O)cc1. The van der Waals surface area contributed by atoms with E-state index in [1.165, 1.54) is 7.11 Å². The summed E-state index contributed by atoms with van der Waals surface area (Å²) in [6.07, 6.45) is 0. The highest BCUT2D eigenvalue weighted by Crippen LogP contribution is 2.35. The van der Waals surface area contributed by atoms with E-state index >= 15 is 0 Å². The lowest BCUT2D eigenvalue weighted by molar-refractivity contribution is -0.121. The second-order valence-corrected chi connectivity index (χ2v) is 7.31. The minimum atomic E-state index is -0.496. The summed E-state index contributed by atoms with van der Waals surface area (Å²) >= 11 is 0. The van der Waals surface area contributed by atoms with Crippen LogP contribution in [0.2, 0.25) is 0 Å². The number of anilines is 1. The maximum Gasteiger partial charge on any atom is 0.338 e. The summed E-state index contributed by atoms with van der Waals surface area (Å²) in [5.74, 6) is -1.27. The summed E-state index contributed by atoms with van der Waals surface area (Å²) in [7, 11) is 1.52. The van der Waals surface area contributed by atoms with Crippen molar-refractivity contribution in [3.8, 4) is 0 Å². The Kier molecular flexibility index (Phi) is 6.63. The maximum absolute atomic E-state index is 13.5. The van der Waals surface area contributed by atoms with E-state index in [4.69, 9.17) is 14.2 Å². The lowest BCUT2D eigenvalue weighted by Crippen LogP contribution is -2.40. The number of carbonyl (C=O) groups is 3. The molecule has 32 heavy (non-hydrogen) atoms. The molecule has 0 aromatic heterocycles. The quantitative estimate of drug-likeness (QED) is 0.373. The van der Waals surface area contributed by atoms with Crippen LogP contribution in [0.25, 0.3) is 5.57 Å². The number of amides is 2. The van der Waals surface area contributed by atoms with Gasteiger partial charge in [0.15, 0.2) is 0 Å². The zero-order chi connectivity index (χ0) is 22.5. The summed E-state index contributed by atoms with van der Waals surface area (Å²) in [4.78, 5) is 42.1. The Hall–Kier alpha value is -3.49. The van der Waals surface area contributed by atoms with Crippen molar-refractivity contribution >= 4 is 29.0 Å². The zero-order valence-electron chi connectivity index (χ0n) is 17.8. The molecule has 2 heterocycles. The Morgan fingerprint density at radius 3 is 2.28 bits per heavy atom. The largest absolute Gasteiger partial charge is 0.460 e. The highest BCUT2D eigenvalue weighted by molar-refractivity contribution is 6.45. The third-order valence-corrected chi connectivity index (χ3v) is 5.33. The number of rotatable bonds is 7. The lowest BCUT2D eigenvalue weighted by Gasteiger charge is -2.29. The number of hydrogen-bond acceptors (Lipinski definition) is 7. The van der Waals surface area contributed by atoms with Crippen LogP contribution in [0.1, 0.15) is 15.9 Å². The number of methoxy groups -OCH3 is 1. The second-order valence-electron chi connectivity index (χ2n) is 7.31. The van der Waals surface area contributed by atoms with Crippen molar-refractivity contribution in [2.45, 2.75) is 0 Å². The number of hydrogen-bond donors (Lipinski definition) is 0. The standard InChI is InChI=1S/C24H24N2O6/c1-30-15-16-32-24(29)18-7-9-19(10-8-18)26-22(27)20(17-5-3-2-4-6-17)21(23(26)28)25-11-13-31-14-12-25/h2-10H,11-16H2,1H3. The van der Waals surface area contributed by atoms with Crippen LogP contribution < -0.4 is 4.90 Å². The fourth-order valence-electron chi connectivity index (χ4n) is 3.75. The van der Waals surface area contributed by atoms with Crippen LogP contribution in [-0.2, 0) is 23.8 Å². The smallest absolute Gasteiger partial charge is 0.338 e. The molecule has 8 heteroatoms. The molecule has 0 N–H and O–H groups in total. The minimum Gasteiger partial charge on any atom is -0.460 e. The number of imide groups is 1. The molecule has 0 atom stereocenters. The van der Waals surface area contributed by atoms with Gasteiger partial charge in [-0.05, 0) is 29.8 Å². The summed E-state index contributed by atoms with van der Waals surface area (Å²) < 4.78 is 15.4. The van der Waals surface area contributed by atoms with Gasteiger partial charge >= 0.3 is 5.97 Å². The molecule has 1 saturated heterocycles. The fourth-order valence-corrected chi connectivity index (χ4v) is 3.75. The molecule has 0 aliphatic carbocycles. The van der Waals surface area contributed by atoms with Gasteiger partial charge < -0.3 is 19.1 Å². The number of carbonyl (C=O) groups excluding carboxylic acids is 3. The summed E-state index contributed by atoms with van der Waals surface area (Å²) in [6, 6.07) is 15.4. The van der Waals surface area contributed by atoms with Gasteiger partial charge in [0.1, 0.15) is 12.3 Å². The molecule has 2 aliphatic heterocycles. The Morgan fingerprint density at radius 2 is 1.62 bits per heavy atom. The molecule has 2 amide bonds. The van der Waals surface area contributed by atoms with Crippen LogP contribution in [0.5, 0.6) is 0 Å². The van der Waals surface area contributed by atoms with Crippen LogP contribution >= 0.6 is 0 Å². The normalized spacial score (nSPS) is 16.7. The molecular formula is C24H24N2O6. The van der Waals surface area contributed by atoms with Gasteiger partial charge in [0.05, 0.1) is 36.6 Å². The van der Waals surface area contributed by atoms with E-state index in [-0.39, 0.29) is 12.5 Å². The van der Waals surface area contributed by atoms with Gasteiger partial charge in [0, 0.05) is 20.2 Å². The van der Waals surface area contributed by atoms with Gasteiger partial charge in [0.25, 0.3) is 11.8 Å². The van der Waals surface area contributed by atoms with Gasteiger partial charge in [0.2, 0.25) is 0 Å². The van der Waals surface area contributed by atoms with E-state index in [0.717, 1.165) is 4.90 Å². The minimum absolute atomic E-state index is 0.146. The van der Waals surface area contributed by atoms with Crippen molar-refractivity contribution in [3.05, 3.63) is 71.4 Å². The molecule has 0 radical (unpaired) electrons. The number of nitrogens with zero attached hydrogens (tertiary/aromatic N) is 2. The number of esters is 1. The highest BCUT2D eigenvalue weighted by atomic mass is 16.6. The highest BCUT2D eigenvalue weighted by Gasteiger charge is 2.42. The molecule has 1 fully saturated rings. The molecule has 2 aromatic rings. The molecule has 2 aromatic carbocycles. The maximum atomic E-state index is 13.5. The van der Waals surface area contributed by atoms with Gasteiger partial charge in [-0.15, -0.1) is 0 Å². The Bertz CT molecular complexity index is 1030. The molecule has 0 spiro atoms. The first-order valence-corrected chi connectivity index (χ1v) is 10.4. The predicted molar refractivity (Wildman–Crippen MR) is 117 cm³/mol. The second kappa shape index (κ2) is 9.76. The van der Waals surface area contributed by atoms with Crippen molar-refractivity contribution in [1.82, 2.24) is 4.90 Å². The van der Waals surface area contributed by atoms with Crippen molar-refractivity contribution in [2.75, 3.05) is 51.5 Å². The molecule has 8 nitrogen and oxygen atoms in total. The number of morpholine rings is 1. The molecular weight excluding hydrogens is 412 g/mol. The van der Waals surface area contributed by atoms with Crippen LogP contribution in [0.3, 0.4) is 0 Å². The third kappa shape index (κ3) is 4.28. The van der Waals surface area contributed by atoms with Crippen LogP contribution in [0.4, 0.5) is 5.69 Å². The Morgan fingerprint density at radius 1 is 0.938 bits per heavy atom. The van der Waals surface area contributed by atoms with E-state index in [1.54, 1.807) is 24.3 Å². The average molecular weight is 436 g/mol. The summed E-state index contributed by atoms with van der Waals surface area (Å²) in [5, 5.41) is 0. The van der Waals surface area contributed by atoms with E-state index < -0.39 is 11.9 Å². The first-order valence-electron chi connectivity index (χ1n) is 10.4. The Labute approximate surface area is 186 Å². The van der Waals surface area contributed by atoms with E-state index in [1.807, 2.05) is 35.2 Å². The third-order valence-electron chi connectivity index (χ3n) is 5.33. The molecule has 4 rings (SSSR count). The molecule has 166 valence electrons. The van der Waals surface area contributed by atoms with Gasteiger partial charge in [-0.25, -0.2) is 9.69 Å². The van der Waals surface area contributed by atoms with Crippen molar-refractivity contribution in [1.29, 1.82) is 0 Å². The number of benzene rings is 2. The zero-order valence-corrected chi connectivity index (χ0v) is 17.8. The molecule has 0 bridgehead atoms. The molecule has 0 unspecified atom stereocenters. The molecule has 0 saturated carbocycles. The fraction of sp³-hybridized carbons (Fsp3) is 0.292. The summed E-state index contributed by atoms with van der Waals surface area (Å²) in [5.41, 5.74) is 2.17. The van der Waals surface area contributed by atoms with Crippen LogP contribution in [-0.4, -0.2) is 69.3 Å². The van der Waals surface area contributed by atoms with Gasteiger partial charge in [-0.1, -0.05) is 30.3 Å². The van der Waals surface area contributed by atoms with Gasteiger partial charge in [-0.3, -0.25) is 9.59 Å². The van der Waals surface area contributed by atoms with E-state index in [0.29, 0.717) is 61.0 Å². The van der Waals surface area contributed by atoms with Gasteiger partial charge in [-0.2, -0.15) is 0 Å². The molecule has 2 aliphatic rings. The topological polar surface area (TPSA) is 85.4 Å². The van der Waals surface area contributed by atoms with Crippen LogP contribution in [0, 0.1) is 0 Å². The first kappa shape index (κ1) is 21.7. The van der Waals surface area contributed by atoms with E-state index in [2.05, 4.69) is 0 Å². The lowest BCUT2D eigenvalue weighted by atomic mass is 10.0.